The highest BCUT2D eigenvalue weighted by molar-refractivity contribution is 6.41. The van der Waals surface area contributed by atoms with E-state index in [2.05, 4.69) is 6.58 Å². The van der Waals surface area contributed by atoms with Crippen molar-refractivity contribution < 1.29 is 9.90 Å². The number of benzene rings is 1. The van der Waals surface area contributed by atoms with Crippen molar-refractivity contribution in [2.24, 2.45) is 0 Å². The van der Waals surface area contributed by atoms with Gasteiger partial charge in [-0.3, -0.25) is 4.79 Å². The van der Waals surface area contributed by atoms with Crippen LogP contribution in [0.1, 0.15) is 6.42 Å². The molecule has 6 heteroatoms. The quantitative estimate of drug-likeness (QED) is 0.804. The predicted molar refractivity (Wildman–Crippen MR) is 76.1 cm³/mol. The Kier molecular flexibility index (Phi) is 5.79. The van der Waals surface area contributed by atoms with E-state index in [4.69, 9.17) is 39.9 Å². The zero-order chi connectivity index (χ0) is 13.7. The van der Waals surface area contributed by atoms with Gasteiger partial charge in [-0.2, -0.15) is 0 Å². The number of carboxylic acid groups (broad SMARTS) is 1. The summed E-state index contributed by atoms with van der Waals surface area (Å²) >= 11 is 18.0. The van der Waals surface area contributed by atoms with Gasteiger partial charge in [-0.25, -0.2) is 0 Å². The minimum atomic E-state index is -0.884. The van der Waals surface area contributed by atoms with Gasteiger partial charge in [0.15, 0.2) is 0 Å². The van der Waals surface area contributed by atoms with Crippen LogP contribution in [0.2, 0.25) is 15.1 Å². The Hall–Kier alpha value is -0.900. The Bertz CT molecular complexity index is 440. The van der Waals surface area contributed by atoms with Crippen molar-refractivity contribution in [2.75, 3.05) is 18.0 Å². The average molecular weight is 309 g/mol. The molecule has 1 aromatic rings. The van der Waals surface area contributed by atoms with Crippen molar-refractivity contribution in [2.45, 2.75) is 6.42 Å². The number of hydrogen-bond donors (Lipinski definition) is 1. The van der Waals surface area contributed by atoms with Gasteiger partial charge < -0.3 is 10.0 Å². The summed E-state index contributed by atoms with van der Waals surface area (Å²) in [5.41, 5.74) is 0.573. The normalized spacial score (nSPS) is 10.2. The molecule has 0 atom stereocenters. The van der Waals surface area contributed by atoms with Crippen molar-refractivity contribution >= 4 is 46.5 Å². The van der Waals surface area contributed by atoms with Crippen LogP contribution >= 0.6 is 34.8 Å². The molecule has 0 unspecified atom stereocenters. The molecule has 0 aromatic heterocycles. The number of nitrogens with zero attached hydrogens (tertiary/aromatic N) is 1. The van der Waals surface area contributed by atoms with Crippen molar-refractivity contribution in [1.82, 2.24) is 0 Å². The first-order chi connectivity index (χ1) is 8.45. The van der Waals surface area contributed by atoms with Crippen LogP contribution in [0.3, 0.4) is 0 Å². The fourth-order valence-corrected chi connectivity index (χ4v) is 2.57. The van der Waals surface area contributed by atoms with Gasteiger partial charge in [-0.1, -0.05) is 40.9 Å². The van der Waals surface area contributed by atoms with E-state index < -0.39 is 5.97 Å². The molecule has 0 aliphatic rings. The molecule has 0 amide bonds. The second kappa shape index (κ2) is 6.88. The molecule has 0 fully saturated rings. The van der Waals surface area contributed by atoms with Gasteiger partial charge in [0, 0.05) is 18.1 Å². The van der Waals surface area contributed by atoms with Crippen molar-refractivity contribution in [1.29, 1.82) is 0 Å². The van der Waals surface area contributed by atoms with E-state index in [9.17, 15) is 4.79 Å². The molecule has 1 rings (SSSR count). The van der Waals surface area contributed by atoms with Crippen LogP contribution in [0.5, 0.6) is 0 Å². The first-order valence-corrected chi connectivity index (χ1v) is 6.31. The topological polar surface area (TPSA) is 40.5 Å². The van der Waals surface area contributed by atoms with Gasteiger partial charge in [0.05, 0.1) is 22.2 Å². The summed E-state index contributed by atoms with van der Waals surface area (Å²) in [6.45, 7) is 4.38. The molecule has 0 saturated heterocycles. The zero-order valence-corrected chi connectivity index (χ0v) is 11.8. The SMILES string of the molecule is C=CCN(CCC(=O)O)c1c(Cl)cc(Cl)cc1Cl. The Morgan fingerprint density at radius 2 is 1.89 bits per heavy atom. The smallest absolute Gasteiger partial charge is 0.305 e. The molecule has 1 N–H and O–H groups in total. The Balaban J connectivity index is 3.04. The Morgan fingerprint density at radius 3 is 2.33 bits per heavy atom. The van der Waals surface area contributed by atoms with E-state index in [0.29, 0.717) is 33.8 Å². The van der Waals surface area contributed by atoms with Gasteiger partial charge in [0.25, 0.3) is 0 Å². The second-order valence-electron chi connectivity index (χ2n) is 3.60. The van der Waals surface area contributed by atoms with E-state index in [1.54, 1.807) is 23.1 Å². The van der Waals surface area contributed by atoms with E-state index in [1.807, 2.05) is 0 Å². The molecular weight excluding hydrogens is 296 g/mol. The first kappa shape index (κ1) is 15.2. The van der Waals surface area contributed by atoms with Crippen LogP contribution in [0, 0.1) is 0 Å². The summed E-state index contributed by atoms with van der Waals surface area (Å²) in [4.78, 5) is 12.4. The van der Waals surface area contributed by atoms with Crippen LogP contribution in [-0.2, 0) is 4.79 Å². The molecule has 0 aliphatic carbocycles. The fourth-order valence-electron chi connectivity index (χ4n) is 1.52. The molecule has 0 radical (unpaired) electrons. The number of aliphatic carboxylic acids is 1. The van der Waals surface area contributed by atoms with E-state index in [-0.39, 0.29) is 6.42 Å². The van der Waals surface area contributed by atoms with Gasteiger partial charge in [0.1, 0.15) is 0 Å². The molecule has 1 aromatic carbocycles. The van der Waals surface area contributed by atoms with Gasteiger partial charge in [-0.15, -0.1) is 6.58 Å². The van der Waals surface area contributed by atoms with Crippen LogP contribution in [0.15, 0.2) is 24.8 Å². The number of rotatable bonds is 6. The van der Waals surface area contributed by atoms with Crippen LogP contribution in [-0.4, -0.2) is 24.2 Å². The predicted octanol–water partition coefficient (Wildman–Crippen LogP) is 4.11. The maximum atomic E-state index is 10.6. The third kappa shape index (κ3) is 4.09. The standard InChI is InChI=1S/C12H12Cl3NO2/c1-2-4-16(5-3-11(17)18)12-9(14)6-8(13)7-10(12)15/h2,6-7H,1,3-5H2,(H,17,18). The third-order valence-electron chi connectivity index (χ3n) is 2.24. The minimum Gasteiger partial charge on any atom is -0.481 e. The van der Waals surface area contributed by atoms with Crippen molar-refractivity contribution in [3.63, 3.8) is 0 Å². The number of hydrogen-bond acceptors (Lipinski definition) is 2. The fraction of sp³-hybridized carbons (Fsp3) is 0.250. The minimum absolute atomic E-state index is 0.0108. The van der Waals surface area contributed by atoms with E-state index >= 15 is 0 Å². The number of halogens is 3. The highest BCUT2D eigenvalue weighted by Crippen LogP contribution is 2.36. The average Bonchev–Trinajstić information content (AvgIpc) is 2.24. The van der Waals surface area contributed by atoms with Crippen LogP contribution in [0.4, 0.5) is 5.69 Å². The van der Waals surface area contributed by atoms with Crippen LogP contribution in [0.25, 0.3) is 0 Å². The first-order valence-electron chi connectivity index (χ1n) is 5.18. The molecular formula is C12H12Cl3NO2. The molecule has 3 nitrogen and oxygen atoms in total. The Labute approximate surface area is 121 Å². The van der Waals surface area contributed by atoms with Gasteiger partial charge in [0.2, 0.25) is 0 Å². The molecule has 0 aliphatic heterocycles. The summed E-state index contributed by atoms with van der Waals surface area (Å²) in [6, 6.07) is 3.14. The molecule has 18 heavy (non-hydrogen) atoms. The molecule has 98 valence electrons. The lowest BCUT2D eigenvalue weighted by Gasteiger charge is -2.25. The number of carbonyl (C=O) groups is 1. The Morgan fingerprint density at radius 1 is 1.33 bits per heavy atom. The van der Waals surface area contributed by atoms with Crippen molar-refractivity contribution in [3.8, 4) is 0 Å². The zero-order valence-electron chi connectivity index (χ0n) is 9.50. The van der Waals surface area contributed by atoms with E-state index in [0.717, 1.165) is 0 Å². The highest BCUT2D eigenvalue weighted by Gasteiger charge is 2.15. The van der Waals surface area contributed by atoms with Gasteiger partial charge in [-0.05, 0) is 12.1 Å². The molecule has 0 spiro atoms. The van der Waals surface area contributed by atoms with E-state index in [1.165, 1.54) is 0 Å². The number of anilines is 1. The lowest BCUT2D eigenvalue weighted by Crippen LogP contribution is -2.26. The second-order valence-corrected chi connectivity index (χ2v) is 4.85. The largest absolute Gasteiger partial charge is 0.481 e. The lowest BCUT2D eigenvalue weighted by atomic mass is 10.2. The molecule has 0 saturated carbocycles. The maximum absolute atomic E-state index is 10.6. The number of carboxylic acids is 1. The monoisotopic (exact) mass is 307 g/mol. The summed E-state index contributed by atoms with van der Waals surface area (Å²) < 4.78 is 0. The van der Waals surface area contributed by atoms with Crippen molar-refractivity contribution in [3.05, 3.63) is 39.9 Å². The molecule has 0 heterocycles. The summed E-state index contributed by atoms with van der Waals surface area (Å²) in [5, 5.41) is 9.93. The summed E-state index contributed by atoms with van der Waals surface area (Å²) in [6.07, 6.45) is 1.65. The lowest BCUT2D eigenvalue weighted by molar-refractivity contribution is -0.136. The highest BCUT2D eigenvalue weighted by atomic mass is 35.5. The summed E-state index contributed by atoms with van der Waals surface area (Å²) in [7, 11) is 0. The maximum Gasteiger partial charge on any atom is 0.305 e. The van der Waals surface area contributed by atoms with Gasteiger partial charge >= 0.3 is 5.97 Å². The molecule has 0 bridgehead atoms. The van der Waals surface area contributed by atoms with Crippen LogP contribution < -0.4 is 4.90 Å². The summed E-state index contributed by atoms with van der Waals surface area (Å²) in [5.74, 6) is -0.884. The third-order valence-corrected chi connectivity index (χ3v) is 3.04.